The van der Waals surface area contributed by atoms with Gasteiger partial charge in [-0.1, -0.05) is 13.8 Å². The Morgan fingerprint density at radius 2 is 1.96 bits per heavy atom. The van der Waals surface area contributed by atoms with Crippen LogP contribution in [0.3, 0.4) is 0 Å². The first kappa shape index (κ1) is 19.5. The number of amides is 1. The standard InChI is InChI=1S/C20H26F2N4O/c1-11(2)18-17(16-12(3)8-13(21)9-14(16)22)24-19-20(4,5)26(15(27)10-23)7-6-25(18)19/h8-9,11H,6-7,10,23H2,1-5H3. The van der Waals surface area contributed by atoms with Crippen LogP contribution in [0.4, 0.5) is 8.78 Å². The predicted octanol–water partition coefficient (Wildman–Crippen LogP) is 3.30. The number of imidazole rings is 1. The molecule has 1 aliphatic rings. The Bertz CT molecular complexity index is 879. The van der Waals surface area contributed by atoms with E-state index in [0.29, 0.717) is 35.7 Å². The van der Waals surface area contributed by atoms with Crippen LogP contribution in [0.5, 0.6) is 0 Å². The minimum Gasteiger partial charge on any atom is -0.327 e. The first-order valence-electron chi connectivity index (χ1n) is 9.17. The average molecular weight is 376 g/mol. The molecule has 0 saturated heterocycles. The van der Waals surface area contributed by atoms with Crippen molar-refractivity contribution in [1.29, 1.82) is 0 Å². The molecule has 27 heavy (non-hydrogen) atoms. The van der Waals surface area contributed by atoms with E-state index in [1.54, 1.807) is 11.8 Å². The van der Waals surface area contributed by atoms with E-state index in [4.69, 9.17) is 10.7 Å². The third kappa shape index (κ3) is 3.04. The molecule has 5 nitrogen and oxygen atoms in total. The highest BCUT2D eigenvalue weighted by atomic mass is 19.1. The molecule has 0 atom stereocenters. The van der Waals surface area contributed by atoms with Gasteiger partial charge in [0.15, 0.2) is 0 Å². The van der Waals surface area contributed by atoms with Gasteiger partial charge in [0, 0.05) is 30.4 Å². The topological polar surface area (TPSA) is 64.2 Å². The Hall–Kier alpha value is -2.28. The summed E-state index contributed by atoms with van der Waals surface area (Å²) in [6.07, 6.45) is 0. The summed E-state index contributed by atoms with van der Waals surface area (Å²) >= 11 is 0. The summed E-state index contributed by atoms with van der Waals surface area (Å²) in [6.45, 7) is 10.6. The SMILES string of the molecule is Cc1cc(F)cc(F)c1-c1nc2n(c1C(C)C)CCN(C(=O)CN)C2(C)C. The number of fused-ring (bicyclic) bond motifs is 1. The number of halogens is 2. The highest BCUT2D eigenvalue weighted by Gasteiger charge is 2.41. The largest absolute Gasteiger partial charge is 0.327 e. The van der Waals surface area contributed by atoms with Crippen molar-refractivity contribution < 1.29 is 13.6 Å². The van der Waals surface area contributed by atoms with Crippen LogP contribution in [-0.2, 0) is 16.9 Å². The van der Waals surface area contributed by atoms with E-state index in [1.807, 2.05) is 27.7 Å². The number of hydrogen-bond donors (Lipinski definition) is 1. The summed E-state index contributed by atoms with van der Waals surface area (Å²) in [5.74, 6) is -0.609. The number of carbonyl (C=O) groups is 1. The van der Waals surface area contributed by atoms with E-state index in [2.05, 4.69) is 4.57 Å². The molecule has 0 unspecified atom stereocenters. The Labute approximate surface area is 158 Å². The van der Waals surface area contributed by atoms with Gasteiger partial charge in [0.25, 0.3) is 0 Å². The van der Waals surface area contributed by atoms with Crippen molar-refractivity contribution in [2.45, 2.75) is 52.6 Å². The fraction of sp³-hybridized carbons (Fsp3) is 0.500. The smallest absolute Gasteiger partial charge is 0.237 e. The number of aromatic nitrogens is 2. The molecule has 1 aromatic carbocycles. The van der Waals surface area contributed by atoms with Crippen molar-refractivity contribution >= 4 is 5.91 Å². The number of benzene rings is 1. The third-order valence-electron chi connectivity index (χ3n) is 5.29. The van der Waals surface area contributed by atoms with E-state index in [-0.39, 0.29) is 18.4 Å². The molecular formula is C20H26F2N4O. The minimum atomic E-state index is -0.680. The predicted molar refractivity (Wildman–Crippen MR) is 100 cm³/mol. The monoisotopic (exact) mass is 376 g/mol. The second-order valence-corrected chi connectivity index (χ2v) is 7.86. The zero-order chi connectivity index (χ0) is 20.1. The van der Waals surface area contributed by atoms with Gasteiger partial charge >= 0.3 is 0 Å². The minimum absolute atomic E-state index is 0.0697. The zero-order valence-electron chi connectivity index (χ0n) is 16.4. The van der Waals surface area contributed by atoms with Crippen LogP contribution in [-0.4, -0.2) is 33.4 Å². The summed E-state index contributed by atoms with van der Waals surface area (Å²) in [4.78, 5) is 18.8. The van der Waals surface area contributed by atoms with Gasteiger partial charge in [0.2, 0.25) is 5.91 Å². The van der Waals surface area contributed by atoms with Crippen molar-refractivity contribution in [1.82, 2.24) is 14.5 Å². The first-order chi connectivity index (χ1) is 12.6. The molecule has 146 valence electrons. The molecule has 2 aromatic rings. The molecule has 3 rings (SSSR count). The van der Waals surface area contributed by atoms with Gasteiger partial charge in [0.1, 0.15) is 17.5 Å². The number of aryl methyl sites for hydroxylation is 1. The summed E-state index contributed by atoms with van der Waals surface area (Å²) in [7, 11) is 0. The fourth-order valence-corrected chi connectivity index (χ4v) is 4.08. The number of nitrogens with two attached hydrogens (primary N) is 1. The van der Waals surface area contributed by atoms with Crippen LogP contribution in [0.15, 0.2) is 12.1 Å². The lowest BCUT2D eigenvalue weighted by Crippen LogP contribution is -2.53. The molecule has 0 spiro atoms. The second-order valence-electron chi connectivity index (χ2n) is 7.86. The van der Waals surface area contributed by atoms with Gasteiger partial charge in [0.05, 0.1) is 17.8 Å². The third-order valence-corrected chi connectivity index (χ3v) is 5.29. The number of carbonyl (C=O) groups excluding carboxylic acids is 1. The summed E-state index contributed by atoms with van der Waals surface area (Å²) in [5, 5.41) is 0. The van der Waals surface area contributed by atoms with E-state index in [1.165, 1.54) is 6.07 Å². The van der Waals surface area contributed by atoms with Crippen LogP contribution < -0.4 is 5.73 Å². The maximum atomic E-state index is 14.7. The normalized spacial score (nSPS) is 16.0. The molecule has 0 aliphatic carbocycles. The van der Waals surface area contributed by atoms with E-state index >= 15 is 0 Å². The maximum absolute atomic E-state index is 14.7. The zero-order valence-corrected chi connectivity index (χ0v) is 16.4. The van der Waals surface area contributed by atoms with Crippen molar-refractivity contribution in [3.05, 3.63) is 40.8 Å². The van der Waals surface area contributed by atoms with Gasteiger partial charge in [-0.05, 0) is 38.3 Å². The van der Waals surface area contributed by atoms with Gasteiger partial charge in [-0.2, -0.15) is 0 Å². The van der Waals surface area contributed by atoms with Crippen LogP contribution >= 0.6 is 0 Å². The van der Waals surface area contributed by atoms with Crippen molar-refractivity contribution in [3.63, 3.8) is 0 Å². The molecule has 1 aliphatic heterocycles. The molecule has 1 amide bonds. The van der Waals surface area contributed by atoms with Crippen molar-refractivity contribution in [3.8, 4) is 11.3 Å². The molecule has 0 bridgehead atoms. The Kier molecular flexibility index (Phi) is 4.84. The Morgan fingerprint density at radius 1 is 1.30 bits per heavy atom. The molecule has 2 N–H and O–H groups in total. The van der Waals surface area contributed by atoms with Crippen LogP contribution in [0, 0.1) is 18.6 Å². The average Bonchev–Trinajstić information content (AvgIpc) is 2.94. The van der Waals surface area contributed by atoms with Crippen molar-refractivity contribution in [2.24, 2.45) is 5.73 Å². The number of rotatable bonds is 3. The lowest BCUT2D eigenvalue weighted by atomic mass is 9.97. The molecule has 0 saturated carbocycles. The van der Waals surface area contributed by atoms with E-state index < -0.39 is 17.2 Å². The van der Waals surface area contributed by atoms with Gasteiger partial charge < -0.3 is 15.2 Å². The van der Waals surface area contributed by atoms with Crippen LogP contribution in [0.1, 0.15) is 50.7 Å². The summed E-state index contributed by atoms with van der Waals surface area (Å²) < 4.78 is 30.3. The second kappa shape index (κ2) is 6.71. The van der Waals surface area contributed by atoms with Crippen molar-refractivity contribution in [2.75, 3.05) is 13.1 Å². The Balaban J connectivity index is 2.26. The van der Waals surface area contributed by atoms with Gasteiger partial charge in [-0.3, -0.25) is 4.79 Å². The first-order valence-corrected chi connectivity index (χ1v) is 9.17. The molecule has 1 aromatic heterocycles. The molecule has 7 heteroatoms. The molecule has 2 heterocycles. The van der Waals surface area contributed by atoms with Crippen LogP contribution in [0.25, 0.3) is 11.3 Å². The summed E-state index contributed by atoms with van der Waals surface area (Å²) in [5.41, 5.74) is 7.11. The van der Waals surface area contributed by atoms with Gasteiger partial charge in [-0.25, -0.2) is 13.8 Å². The molecular weight excluding hydrogens is 350 g/mol. The lowest BCUT2D eigenvalue weighted by molar-refractivity contribution is -0.137. The van der Waals surface area contributed by atoms with E-state index in [0.717, 1.165) is 11.8 Å². The van der Waals surface area contributed by atoms with Gasteiger partial charge in [-0.15, -0.1) is 0 Å². The summed E-state index contributed by atoms with van der Waals surface area (Å²) in [6, 6.07) is 2.20. The molecule has 0 fully saturated rings. The fourth-order valence-electron chi connectivity index (χ4n) is 4.08. The number of hydrogen-bond acceptors (Lipinski definition) is 3. The molecule has 0 radical (unpaired) electrons. The lowest BCUT2D eigenvalue weighted by Gasteiger charge is -2.42. The Morgan fingerprint density at radius 3 is 2.52 bits per heavy atom. The quantitative estimate of drug-likeness (QED) is 0.894. The maximum Gasteiger partial charge on any atom is 0.237 e. The van der Waals surface area contributed by atoms with E-state index in [9.17, 15) is 13.6 Å². The van der Waals surface area contributed by atoms with Crippen LogP contribution in [0.2, 0.25) is 0 Å². The highest BCUT2D eigenvalue weighted by Crippen LogP contribution is 2.40. The highest BCUT2D eigenvalue weighted by molar-refractivity contribution is 5.79. The number of nitrogens with zero attached hydrogens (tertiary/aromatic N) is 3.